The largest absolute Gasteiger partial charge is 0.457 e. The Bertz CT molecular complexity index is 787. The van der Waals surface area contributed by atoms with E-state index in [2.05, 4.69) is 4.98 Å². The Labute approximate surface area is 126 Å². The molecule has 1 heterocycles. The van der Waals surface area contributed by atoms with Gasteiger partial charge >= 0.3 is 0 Å². The van der Waals surface area contributed by atoms with Gasteiger partial charge in [-0.3, -0.25) is 4.98 Å². The summed E-state index contributed by atoms with van der Waals surface area (Å²) in [4.78, 5) is 4.29. The molecule has 0 atom stereocenters. The molecule has 0 unspecified atom stereocenters. The molecule has 0 aliphatic carbocycles. The number of fused-ring (bicyclic) bond motifs is 1. The topological polar surface area (TPSA) is 22.1 Å². The lowest BCUT2D eigenvalue weighted by molar-refractivity contribution is 0.487. The second-order valence-corrected chi connectivity index (χ2v) is 5.33. The number of benzene rings is 2. The SMILES string of the molecule is Cc1cc(Oc2ccnc3cc(Cl)ccc23)ccc1Cl. The molecule has 2 aromatic carbocycles. The lowest BCUT2D eigenvalue weighted by Gasteiger charge is -2.09. The lowest BCUT2D eigenvalue weighted by atomic mass is 10.2. The van der Waals surface area contributed by atoms with Gasteiger partial charge in [0.1, 0.15) is 11.5 Å². The summed E-state index contributed by atoms with van der Waals surface area (Å²) >= 11 is 12.0. The molecule has 0 radical (unpaired) electrons. The van der Waals surface area contributed by atoms with Crippen LogP contribution in [0.3, 0.4) is 0 Å². The van der Waals surface area contributed by atoms with Gasteiger partial charge < -0.3 is 4.74 Å². The summed E-state index contributed by atoms with van der Waals surface area (Å²) in [6.07, 6.45) is 1.71. The first-order chi connectivity index (χ1) is 9.63. The van der Waals surface area contributed by atoms with Crippen molar-refractivity contribution in [3.05, 3.63) is 64.3 Å². The van der Waals surface area contributed by atoms with Crippen LogP contribution in [0, 0.1) is 6.92 Å². The van der Waals surface area contributed by atoms with E-state index in [1.165, 1.54) is 0 Å². The average Bonchev–Trinajstić information content (AvgIpc) is 2.43. The van der Waals surface area contributed by atoms with Crippen molar-refractivity contribution in [3.8, 4) is 11.5 Å². The molecule has 0 aliphatic heterocycles. The van der Waals surface area contributed by atoms with Crippen molar-refractivity contribution in [2.24, 2.45) is 0 Å². The van der Waals surface area contributed by atoms with Crippen LogP contribution in [-0.4, -0.2) is 4.98 Å². The number of pyridine rings is 1. The summed E-state index contributed by atoms with van der Waals surface area (Å²) in [5.41, 5.74) is 1.78. The number of aryl methyl sites for hydroxylation is 1. The molecule has 0 spiro atoms. The van der Waals surface area contributed by atoms with Gasteiger partial charge in [0.15, 0.2) is 0 Å². The zero-order valence-corrected chi connectivity index (χ0v) is 12.2. The van der Waals surface area contributed by atoms with Gasteiger partial charge in [-0.25, -0.2) is 0 Å². The van der Waals surface area contributed by atoms with Crippen molar-refractivity contribution in [2.45, 2.75) is 6.92 Å². The Morgan fingerprint density at radius 1 is 1.00 bits per heavy atom. The van der Waals surface area contributed by atoms with Gasteiger partial charge in [-0.1, -0.05) is 23.2 Å². The zero-order chi connectivity index (χ0) is 14.1. The third-order valence-corrected chi connectivity index (χ3v) is 3.68. The second kappa shape index (κ2) is 5.31. The number of aromatic nitrogens is 1. The lowest BCUT2D eigenvalue weighted by Crippen LogP contribution is -1.88. The van der Waals surface area contributed by atoms with Gasteiger partial charge in [0.2, 0.25) is 0 Å². The fourth-order valence-electron chi connectivity index (χ4n) is 1.99. The number of hydrogen-bond donors (Lipinski definition) is 0. The van der Waals surface area contributed by atoms with Crippen molar-refractivity contribution < 1.29 is 4.74 Å². The molecule has 0 bridgehead atoms. The summed E-state index contributed by atoms with van der Waals surface area (Å²) in [6, 6.07) is 13.0. The van der Waals surface area contributed by atoms with Crippen LogP contribution in [0.2, 0.25) is 10.0 Å². The summed E-state index contributed by atoms with van der Waals surface area (Å²) in [5.74, 6) is 1.49. The summed E-state index contributed by atoms with van der Waals surface area (Å²) in [6.45, 7) is 1.94. The smallest absolute Gasteiger partial charge is 0.138 e. The van der Waals surface area contributed by atoms with Crippen LogP contribution in [0.15, 0.2) is 48.7 Å². The molecule has 0 fully saturated rings. The van der Waals surface area contributed by atoms with Gasteiger partial charge in [0.25, 0.3) is 0 Å². The number of rotatable bonds is 2. The van der Waals surface area contributed by atoms with Crippen LogP contribution in [0.25, 0.3) is 10.9 Å². The van der Waals surface area contributed by atoms with Gasteiger partial charge in [0.05, 0.1) is 5.52 Å². The van der Waals surface area contributed by atoms with E-state index in [0.717, 1.165) is 33.0 Å². The molecule has 3 rings (SSSR count). The Morgan fingerprint density at radius 2 is 1.85 bits per heavy atom. The number of halogens is 2. The molecule has 0 aliphatic rings. The number of nitrogens with zero attached hydrogens (tertiary/aromatic N) is 1. The monoisotopic (exact) mass is 303 g/mol. The molecule has 0 saturated heterocycles. The predicted octanol–water partition coefficient (Wildman–Crippen LogP) is 5.64. The molecule has 0 N–H and O–H groups in total. The van der Waals surface area contributed by atoms with Gasteiger partial charge in [-0.05, 0) is 55.0 Å². The van der Waals surface area contributed by atoms with Crippen LogP contribution in [0.4, 0.5) is 0 Å². The molecule has 100 valence electrons. The van der Waals surface area contributed by atoms with Crippen molar-refractivity contribution >= 4 is 34.1 Å². The highest BCUT2D eigenvalue weighted by Gasteiger charge is 2.06. The zero-order valence-electron chi connectivity index (χ0n) is 10.7. The highest BCUT2D eigenvalue weighted by molar-refractivity contribution is 6.31. The normalized spacial score (nSPS) is 10.8. The molecule has 20 heavy (non-hydrogen) atoms. The highest BCUT2D eigenvalue weighted by atomic mass is 35.5. The minimum Gasteiger partial charge on any atom is -0.457 e. The summed E-state index contributed by atoms with van der Waals surface area (Å²) < 4.78 is 5.93. The van der Waals surface area contributed by atoms with Gasteiger partial charge in [-0.15, -0.1) is 0 Å². The Hall–Kier alpha value is -1.77. The van der Waals surface area contributed by atoms with E-state index < -0.39 is 0 Å². The maximum absolute atomic E-state index is 6.02. The third-order valence-electron chi connectivity index (χ3n) is 3.02. The van der Waals surface area contributed by atoms with Crippen LogP contribution < -0.4 is 4.74 Å². The molecular formula is C16H11Cl2NO. The average molecular weight is 304 g/mol. The standard InChI is InChI=1S/C16H11Cl2NO/c1-10-8-12(3-5-14(10)18)20-16-6-7-19-15-9-11(17)2-4-13(15)16/h2-9H,1H3. The number of ether oxygens (including phenoxy) is 1. The van der Waals surface area contributed by atoms with Gasteiger partial charge in [0, 0.05) is 21.6 Å². The molecule has 3 aromatic rings. The first-order valence-electron chi connectivity index (χ1n) is 6.12. The van der Waals surface area contributed by atoms with Crippen molar-refractivity contribution in [1.29, 1.82) is 0 Å². The van der Waals surface area contributed by atoms with E-state index in [4.69, 9.17) is 27.9 Å². The minimum absolute atomic E-state index is 0.657. The van der Waals surface area contributed by atoms with Crippen LogP contribution >= 0.6 is 23.2 Å². The fraction of sp³-hybridized carbons (Fsp3) is 0.0625. The van der Waals surface area contributed by atoms with Crippen molar-refractivity contribution in [2.75, 3.05) is 0 Å². The van der Waals surface area contributed by atoms with Crippen molar-refractivity contribution in [1.82, 2.24) is 4.98 Å². The molecule has 0 saturated carbocycles. The highest BCUT2D eigenvalue weighted by Crippen LogP contribution is 2.31. The molecule has 1 aromatic heterocycles. The maximum atomic E-state index is 6.02. The predicted molar refractivity (Wildman–Crippen MR) is 83.0 cm³/mol. The second-order valence-electron chi connectivity index (χ2n) is 4.48. The third kappa shape index (κ3) is 2.58. The first-order valence-corrected chi connectivity index (χ1v) is 6.87. The maximum Gasteiger partial charge on any atom is 0.138 e. The molecular weight excluding hydrogens is 293 g/mol. The summed E-state index contributed by atoms with van der Waals surface area (Å²) in [5, 5.41) is 2.30. The molecule has 4 heteroatoms. The van der Waals surface area contributed by atoms with Crippen LogP contribution in [0.5, 0.6) is 11.5 Å². The van der Waals surface area contributed by atoms with E-state index in [0.29, 0.717) is 5.02 Å². The van der Waals surface area contributed by atoms with E-state index in [1.54, 1.807) is 6.20 Å². The van der Waals surface area contributed by atoms with E-state index in [-0.39, 0.29) is 0 Å². The van der Waals surface area contributed by atoms with Gasteiger partial charge in [-0.2, -0.15) is 0 Å². The minimum atomic E-state index is 0.657. The molecule has 0 amide bonds. The fourth-order valence-corrected chi connectivity index (χ4v) is 2.28. The van der Waals surface area contributed by atoms with Crippen LogP contribution in [-0.2, 0) is 0 Å². The summed E-state index contributed by atoms with van der Waals surface area (Å²) in [7, 11) is 0. The quantitative estimate of drug-likeness (QED) is 0.611. The Kier molecular flexibility index (Phi) is 3.51. The Morgan fingerprint density at radius 3 is 2.65 bits per heavy atom. The number of hydrogen-bond acceptors (Lipinski definition) is 2. The van der Waals surface area contributed by atoms with E-state index >= 15 is 0 Å². The van der Waals surface area contributed by atoms with Crippen molar-refractivity contribution in [3.63, 3.8) is 0 Å². The first kappa shape index (κ1) is 13.2. The Balaban J connectivity index is 2.04. The van der Waals surface area contributed by atoms with E-state index in [1.807, 2.05) is 49.4 Å². The van der Waals surface area contributed by atoms with Crippen LogP contribution in [0.1, 0.15) is 5.56 Å². The molecule has 2 nitrogen and oxygen atoms in total. The van der Waals surface area contributed by atoms with E-state index in [9.17, 15) is 0 Å².